The van der Waals surface area contributed by atoms with Crippen LogP contribution in [0.25, 0.3) is 0 Å². The van der Waals surface area contributed by atoms with Gasteiger partial charge in [0.05, 0.1) is 13.2 Å². The molecule has 0 bridgehead atoms. The van der Waals surface area contributed by atoms with Crippen molar-refractivity contribution in [3.05, 3.63) is 11.6 Å². The van der Waals surface area contributed by atoms with Crippen LogP contribution in [0.1, 0.15) is 65.2 Å². The largest absolute Gasteiger partial charge is 0.347 e. The minimum absolute atomic E-state index is 0.218. The Morgan fingerprint density at radius 2 is 1.75 bits per heavy atom. The van der Waals surface area contributed by atoms with Crippen molar-refractivity contribution < 1.29 is 9.47 Å². The van der Waals surface area contributed by atoms with Crippen LogP contribution < -0.4 is 0 Å². The molecule has 6 atom stereocenters. The highest BCUT2D eigenvalue weighted by Crippen LogP contribution is 2.68. The third-order valence-corrected chi connectivity index (χ3v) is 9.21. The van der Waals surface area contributed by atoms with Gasteiger partial charge in [0.2, 0.25) is 0 Å². The summed E-state index contributed by atoms with van der Waals surface area (Å²) in [6, 6.07) is 0. The third kappa shape index (κ3) is 1.91. The Labute approximate surface area is 151 Å². The first-order valence-corrected chi connectivity index (χ1v) is 10.5. The van der Waals surface area contributed by atoms with Crippen molar-refractivity contribution in [2.75, 3.05) is 13.2 Å². The molecule has 1 aliphatic heterocycles. The van der Waals surface area contributed by atoms with Crippen molar-refractivity contribution in [3.8, 4) is 0 Å². The number of fused-ring (bicyclic) bond motifs is 6. The van der Waals surface area contributed by atoms with Crippen LogP contribution in [-0.2, 0) is 9.47 Å². The van der Waals surface area contributed by atoms with Crippen LogP contribution in [0.15, 0.2) is 11.6 Å². The molecule has 1 saturated heterocycles. The Morgan fingerprint density at radius 3 is 2.54 bits per heavy atom. The zero-order valence-electron chi connectivity index (χ0n) is 15.2. The topological polar surface area (TPSA) is 18.5 Å². The van der Waals surface area contributed by atoms with Gasteiger partial charge in [-0.2, -0.15) is 0 Å². The molecular weight excluding hydrogens is 320 g/mol. The lowest BCUT2D eigenvalue weighted by atomic mass is 9.48. The predicted octanol–water partition coefficient (Wildman–Crippen LogP) is 5.30. The van der Waals surface area contributed by atoms with Gasteiger partial charge in [0.15, 0.2) is 5.79 Å². The minimum atomic E-state index is -0.263. The number of alkyl halides is 1. The molecule has 0 aromatic heterocycles. The second-order valence-electron chi connectivity index (χ2n) is 9.54. The summed E-state index contributed by atoms with van der Waals surface area (Å²) in [7, 11) is 0. The maximum Gasteiger partial charge on any atom is 0.174 e. The number of ether oxygens (including phenoxy) is 2. The highest BCUT2D eigenvalue weighted by Gasteiger charge is 2.66. The zero-order valence-corrected chi connectivity index (χ0v) is 15.9. The van der Waals surface area contributed by atoms with Gasteiger partial charge in [-0.15, -0.1) is 11.6 Å². The fraction of sp³-hybridized carbons (Fsp3) is 0.905. The van der Waals surface area contributed by atoms with Gasteiger partial charge >= 0.3 is 0 Å². The Bertz CT molecular complexity index is 566. The molecule has 4 aliphatic carbocycles. The Kier molecular flexibility index (Phi) is 3.52. The van der Waals surface area contributed by atoms with Crippen LogP contribution in [0.3, 0.4) is 0 Å². The predicted molar refractivity (Wildman–Crippen MR) is 96.0 cm³/mol. The van der Waals surface area contributed by atoms with E-state index in [0.29, 0.717) is 10.8 Å². The van der Waals surface area contributed by atoms with E-state index in [4.69, 9.17) is 21.1 Å². The van der Waals surface area contributed by atoms with Crippen molar-refractivity contribution in [3.63, 3.8) is 0 Å². The summed E-state index contributed by atoms with van der Waals surface area (Å²) in [5, 5.41) is 0.366. The highest BCUT2D eigenvalue weighted by molar-refractivity contribution is 6.20. The SMILES string of the molecule is CC12CCC(Cl)CC1=CCC1C2CCC2(C)C1CCC21OCCO1. The molecule has 2 nitrogen and oxygen atoms in total. The molecule has 0 radical (unpaired) electrons. The number of allylic oxidation sites excluding steroid dienone is 2. The summed E-state index contributed by atoms with van der Waals surface area (Å²) < 4.78 is 12.5. The van der Waals surface area contributed by atoms with E-state index in [-0.39, 0.29) is 11.2 Å². The average molecular weight is 351 g/mol. The zero-order chi connectivity index (χ0) is 16.6. The van der Waals surface area contributed by atoms with E-state index in [0.717, 1.165) is 43.8 Å². The van der Waals surface area contributed by atoms with Gasteiger partial charge in [-0.1, -0.05) is 25.5 Å². The van der Waals surface area contributed by atoms with Gasteiger partial charge in [0, 0.05) is 17.2 Å². The molecule has 24 heavy (non-hydrogen) atoms. The van der Waals surface area contributed by atoms with E-state index in [9.17, 15) is 0 Å². The fourth-order valence-corrected chi connectivity index (χ4v) is 7.78. The highest BCUT2D eigenvalue weighted by atomic mass is 35.5. The quantitative estimate of drug-likeness (QED) is 0.436. The Balaban J connectivity index is 1.49. The smallest absolute Gasteiger partial charge is 0.174 e. The molecule has 0 aromatic rings. The van der Waals surface area contributed by atoms with Crippen LogP contribution in [0, 0.1) is 28.6 Å². The standard InChI is InChI=1S/C21H31ClO2/c1-19-8-5-15(22)13-14(19)3-4-16-17(19)6-9-20(2)18(16)7-10-21(20)23-11-12-24-21/h3,15-18H,4-13H2,1-2H3. The van der Waals surface area contributed by atoms with Crippen LogP contribution >= 0.6 is 11.6 Å². The van der Waals surface area contributed by atoms with E-state index in [1.54, 1.807) is 5.57 Å². The molecule has 0 amide bonds. The van der Waals surface area contributed by atoms with Gasteiger partial charge in [0.1, 0.15) is 0 Å². The van der Waals surface area contributed by atoms with Gasteiger partial charge in [0.25, 0.3) is 0 Å². The monoisotopic (exact) mass is 350 g/mol. The summed E-state index contributed by atoms with van der Waals surface area (Å²) in [6.45, 7) is 6.60. The fourth-order valence-electron chi connectivity index (χ4n) is 7.50. The number of rotatable bonds is 0. The summed E-state index contributed by atoms with van der Waals surface area (Å²) in [4.78, 5) is 0. The second kappa shape index (κ2) is 5.24. The second-order valence-corrected chi connectivity index (χ2v) is 10.2. The minimum Gasteiger partial charge on any atom is -0.347 e. The molecular formula is C21H31ClO2. The molecule has 1 spiro atoms. The molecule has 6 unspecified atom stereocenters. The molecule has 5 rings (SSSR count). The van der Waals surface area contributed by atoms with Crippen LogP contribution in [0.2, 0.25) is 0 Å². The van der Waals surface area contributed by atoms with Crippen molar-refractivity contribution in [2.45, 2.75) is 76.4 Å². The van der Waals surface area contributed by atoms with Gasteiger partial charge in [-0.3, -0.25) is 0 Å². The number of halogens is 1. The van der Waals surface area contributed by atoms with Crippen LogP contribution in [-0.4, -0.2) is 24.4 Å². The van der Waals surface area contributed by atoms with Crippen molar-refractivity contribution >= 4 is 11.6 Å². The van der Waals surface area contributed by atoms with Crippen molar-refractivity contribution in [1.82, 2.24) is 0 Å². The first-order valence-electron chi connectivity index (χ1n) is 10.1. The van der Waals surface area contributed by atoms with Crippen LogP contribution in [0.5, 0.6) is 0 Å². The maximum absolute atomic E-state index is 6.49. The van der Waals surface area contributed by atoms with E-state index >= 15 is 0 Å². The molecule has 3 saturated carbocycles. The number of hydrogen-bond donors (Lipinski definition) is 0. The van der Waals surface area contributed by atoms with Gasteiger partial charge in [-0.05, 0) is 68.1 Å². The lowest BCUT2D eigenvalue weighted by Gasteiger charge is -2.58. The maximum atomic E-state index is 6.49. The first-order chi connectivity index (χ1) is 11.5. The first kappa shape index (κ1) is 16.1. The molecule has 134 valence electrons. The lowest BCUT2D eigenvalue weighted by Crippen LogP contribution is -2.54. The molecule has 5 aliphatic rings. The summed E-state index contributed by atoms with van der Waals surface area (Å²) in [5.41, 5.74) is 2.30. The van der Waals surface area contributed by atoms with E-state index in [2.05, 4.69) is 19.9 Å². The molecule has 3 heteroatoms. The molecule has 0 aromatic carbocycles. The van der Waals surface area contributed by atoms with Crippen molar-refractivity contribution in [2.24, 2.45) is 28.6 Å². The summed E-state index contributed by atoms with van der Waals surface area (Å²) in [6.07, 6.45) is 12.5. The van der Waals surface area contributed by atoms with E-state index < -0.39 is 0 Å². The molecule has 1 heterocycles. The van der Waals surface area contributed by atoms with Gasteiger partial charge in [-0.25, -0.2) is 0 Å². The summed E-state index contributed by atoms with van der Waals surface area (Å²) in [5.74, 6) is 2.16. The molecule has 0 N–H and O–H groups in total. The number of hydrogen-bond acceptors (Lipinski definition) is 2. The van der Waals surface area contributed by atoms with Crippen LogP contribution in [0.4, 0.5) is 0 Å². The Hall–Kier alpha value is -0.0500. The third-order valence-electron chi connectivity index (χ3n) is 8.84. The summed E-state index contributed by atoms with van der Waals surface area (Å²) >= 11 is 6.49. The average Bonchev–Trinajstić information content (AvgIpc) is 3.15. The lowest BCUT2D eigenvalue weighted by molar-refractivity contribution is -0.242. The van der Waals surface area contributed by atoms with E-state index in [1.807, 2.05) is 0 Å². The van der Waals surface area contributed by atoms with Gasteiger partial charge < -0.3 is 9.47 Å². The van der Waals surface area contributed by atoms with E-state index in [1.165, 1.54) is 38.5 Å². The Morgan fingerprint density at radius 1 is 1.00 bits per heavy atom. The normalized spacial score (nSPS) is 52.5. The molecule has 4 fully saturated rings. The van der Waals surface area contributed by atoms with Crippen molar-refractivity contribution in [1.29, 1.82) is 0 Å².